The molecule has 1 aliphatic rings. The van der Waals surface area contributed by atoms with Crippen molar-refractivity contribution in [2.75, 3.05) is 27.3 Å². The van der Waals surface area contributed by atoms with Crippen molar-refractivity contribution in [3.05, 3.63) is 59.4 Å². The maximum atomic E-state index is 13.0. The van der Waals surface area contributed by atoms with Crippen molar-refractivity contribution >= 4 is 5.91 Å². The van der Waals surface area contributed by atoms with Crippen LogP contribution in [0.15, 0.2) is 42.5 Å². The third-order valence-corrected chi connectivity index (χ3v) is 4.91. The number of halogens is 1. The zero-order valence-corrected chi connectivity index (χ0v) is 15.7. The maximum Gasteiger partial charge on any atom is 0.234 e. The molecule has 1 amide bonds. The first-order chi connectivity index (χ1) is 13.1. The monoisotopic (exact) mass is 372 g/mol. The predicted octanol–water partition coefficient (Wildman–Crippen LogP) is 3.30. The Labute approximate surface area is 159 Å². The molecule has 1 saturated heterocycles. The second kappa shape index (κ2) is 8.86. The zero-order chi connectivity index (χ0) is 19.2. The molecule has 1 fully saturated rings. The number of carbonyl (C=O) groups is 1. The topological polar surface area (TPSA) is 50.8 Å². The Morgan fingerprint density at radius 1 is 1.19 bits per heavy atom. The van der Waals surface area contributed by atoms with Crippen LogP contribution in [0.5, 0.6) is 11.5 Å². The number of benzene rings is 2. The van der Waals surface area contributed by atoms with Gasteiger partial charge in [-0.25, -0.2) is 4.39 Å². The van der Waals surface area contributed by atoms with Crippen LogP contribution in [-0.2, 0) is 11.3 Å². The summed E-state index contributed by atoms with van der Waals surface area (Å²) in [5, 5.41) is 2.91. The third-order valence-electron chi connectivity index (χ3n) is 4.91. The van der Waals surface area contributed by atoms with Crippen LogP contribution in [0.4, 0.5) is 4.39 Å². The molecule has 0 radical (unpaired) electrons. The highest BCUT2D eigenvalue weighted by Crippen LogP contribution is 2.38. The van der Waals surface area contributed by atoms with Crippen molar-refractivity contribution in [2.24, 2.45) is 0 Å². The minimum absolute atomic E-state index is 0.0429. The summed E-state index contributed by atoms with van der Waals surface area (Å²) in [6.07, 6.45) is 2.01. The van der Waals surface area contributed by atoms with E-state index in [0.29, 0.717) is 13.1 Å². The van der Waals surface area contributed by atoms with Crippen LogP contribution in [0.2, 0.25) is 0 Å². The summed E-state index contributed by atoms with van der Waals surface area (Å²) in [6.45, 7) is 1.58. The molecule has 1 N–H and O–H groups in total. The van der Waals surface area contributed by atoms with Crippen LogP contribution < -0.4 is 14.8 Å². The van der Waals surface area contributed by atoms with Crippen molar-refractivity contribution in [1.82, 2.24) is 10.2 Å². The van der Waals surface area contributed by atoms with Crippen molar-refractivity contribution in [3.8, 4) is 11.5 Å². The highest BCUT2D eigenvalue weighted by Gasteiger charge is 2.29. The molecule has 1 aliphatic heterocycles. The van der Waals surface area contributed by atoms with E-state index < -0.39 is 0 Å². The van der Waals surface area contributed by atoms with E-state index >= 15 is 0 Å². The molecule has 0 unspecified atom stereocenters. The molecule has 3 rings (SSSR count). The summed E-state index contributed by atoms with van der Waals surface area (Å²) in [7, 11) is 3.27. The number of hydrogen-bond acceptors (Lipinski definition) is 4. The number of nitrogens with zero attached hydrogens (tertiary/aromatic N) is 1. The van der Waals surface area contributed by atoms with Crippen LogP contribution in [0.25, 0.3) is 0 Å². The molecular formula is C21H25FN2O3. The summed E-state index contributed by atoms with van der Waals surface area (Å²) in [4.78, 5) is 14.6. The molecule has 6 heteroatoms. The summed E-state index contributed by atoms with van der Waals surface area (Å²) in [6, 6.07) is 12.1. The van der Waals surface area contributed by atoms with E-state index in [9.17, 15) is 9.18 Å². The summed E-state index contributed by atoms with van der Waals surface area (Å²) in [5.74, 6) is 1.20. The van der Waals surface area contributed by atoms with E-state index in [-0.39, 0.29) is 17.8 Å². The van der Waals surface area contributed by atoms with Crippen LogP contribution in [-0.4, -0.2) is 38.1 Å². The van der Waals surface area contributed by atoms with Crippen LogP contribution in [0, 0.1) is 5.82 Å². The van der Waals surface area contributed by atoms with Crippen molar-refractivity contribution in [2.45, 2.75) is 25.4 Å². The molecule has 2 aromatic rings. The van der Waals surface area contributed by atoms with E-state index in [1.165, 1.54) is 12.1 Å². The van der Waals surface area contributed by atoms with Gasteiger partial charge in [-0.3, -0.25) is 9.69 Å². The van der Waals surface area contributed by atoms with Gasteiger partial charge in [0.1, 0.15) is 17.3 Å². The molecule has 0 saturated carbocycles. The van der Waals surface area contributed by atoms with Gasteiger partial charge < -0.3 is 14.8 Å². The molecule has 2 aromatic carbocycles. The normalized spacial score (nSPS) is 16.9. The largest absolute Gasteiger partial charge is 0.497 e. The van der Waals surface area contributed by atoms with Gasteiger partial charge in [-0.05, 0) is 43.1 Å². The fraction of sp³-hybridized carbons (Fsp3) is 0.381. The number of likely N-dealkylation sites (tertiary alicyclic amines) is 1. The standard InChI is InChI=1S/C21H25FN2O3/c1-26-17-9-10-18(20(12-17)27-2)19-4-3-11-24(19)14-21(25)23-13-15-5-7-16(22)8-6-15/h5-10,12,19H,3-4,11,13-14H2,1-2H3,(H,23,25)/t19-/m1/s1. The van der Waals surface area contributed by atoms with Gasteiger partial charge in [-0.1, -0.05) is 18.2 Å². The van der Waals surface area contributed by atoms with Gasteiger partial charge in [0.05, 0.1) is 20.8 Å². The molecule has 27 heavy (non-hydrogen) atoms. The van der Waals surface area contributed by atoms with Crippen molar-refractivity contribution in [1.29, 1.82) is 0 Å². The lowest BCUT2D eigenvalue weighted by atomic mass is 10.0. The molecule has 5 nitrogen and oxygen atoms in total. The molecule has 1 atom stereocenters. The van der Waals surface area contributed by atoms with Gasteiger partial charge in [0.25, 0.3) is 0 Å². The van der Waals surface area contributed by atoms with Crippen molar-refractivity contribution < 1.29 is 18.7 Å². The third kappa shape index (κ3) is 4.77. The average Bonchev–Trinajstić information content (AvgIpc) is 3.14. The van der Waals surface area contributed by atoms with Gasteiger partial charge in [0.2, 0.25) is 5.91 Å². The van der Waals surface area contributed by atoms with Crippen LogP contribution in [0.1, 0.15) is 30.0 Å². The first kappa shape index (κ1) is 19.2. The minimum Gasteiger partial charge on any atom is -0.497 e. The Balaban J connectivity index is 1.62. The molecule has 1 heterocycles. The van der Waals surface area contributed by atoms with E-state index in [0.717, 1.165) is 42.0 Å². The van der Waals surface area contributed by atoms with Gasteiger partial charge in [0.15, 0.2) is 0 Å². The Morgan fingerprint density at radius 2 is 1.96 bits per heavy atom. The molecular weight excluding hydrogens is 347 g/mol. The highest BCUT2D eigenvalue weighted by molar-refractivity contribution is 5.78. The molecule has 0 spiro atoms. The SMILES string of the molecule is COc1ccc([C@H]2CCCN2CC(=O)NCc2ccc(F)cc2)c(OC)c1. The fourth-order valence-corrected chi connectivity index (χ4v) is 3.50. The molecule has 0 aromatic heterocycles. The van der Waals surface area contributed by atoms with Crippen molar-refractivity contribution in [3.63, 3.8) is 0 Å². The predicted molar refractivity (Wildman–Crippen MR) is 101 cm³/mol. The smallest absolute Gasteiger partial charge is 0.234 e. The molecule has 0 bridgehead atoms. The van der Waals surface area contributed by atoms with E-state index in [1.807, 2.05) is 18.2 Å². The maximum absolute atomic E-state index is 13.0. The number of methoxy groups -OCH3 is 2. The second-order valence-corrected chi connectivity index (χ2v) is 6.64. The zero-order valence-electron chi connectivity index (χ0n) is 15.7. The van der Waals surface area contributed by atoms with Gasteiger partial charge in [-0.2, -0.15) is 0 Å². The summed E-state index contributed by atoms with van der Waals surface area (Å²) >= 11 is 0. The lowest BCUT2D eigenvalue weighted by Crippen LogP contribution is -2.36. The number of nitrogens with one attached hydrogen (secondary N) is 1. The van der Waals surface area contributed by atoms with Crippen LogP contribution in [0.3, 0.4) is 0 Å². The number of amides is 1. The van der Waals surface area contributed by atoms with Gasteiger partial charge >= 0.3 is 0 Å². The Morgan fingerprint density at radius 3 is 2.67 bits per heavy atom. The van der Waals surface area contributed by atoms with E-state index in [2.05, 4.69) is 10.2 Å². The van der Waals surface area contributed by atoms with E-state index in [4.69, 9.17) is 9.47 Å². The minimum atomic E-state index is -0.279. The summed E-state index contributed by atoms with van der Waals surface area (Å²) in [5.41, 5.74) is 1.95. The van der Waals surface area contributed by atoms with Gasteiger partial charge in [0, 0.05) is 24.2 Å². The summed E-state index contributed by atoms with van der Waals surface area (Å²) < 4.78 is 23.8. The first-order valence-electron chi connectivity index (χ1n) is 9.08. The number of hydrogen-bond donors (Lipinski definition) is 1. The second-order valence-electron chi connectivity index (χ2n) is 6.64. The van der Waals surface area contributed by atoms with Gasteiger partial charge in [-0.15, -0.1) is 0 Å². The average molecular weight is 372 g/mol. The Bertz CT molecular complexity index is 779. The lowest BCUT2D eigenvalue weighted by molar-refractivity contribution is -0.122. The Hall–Kier alpha value is -2.60. The molecule has 144 valence electrons. The number of ether oxygens (including phenoxy) is 2. The van der Waals surface area contributed by atoms with Crippen LogP contribution >= 0.6 is 0 Å². The number of rotatable bonds is 7. The number of carbonyl (C=O) groups excluding carboxylic acids is 1. The Kier molecular flexibility index (Phi) is 6.29. The quantitative estimate of drug-likeness (QED) is 0.810. The van der Waals surface area contributed by atoms with E-state index in [1.54, 1.807) is 26.4 Å². The fourth-order valence-electron chi connectivity index (χ4n) is 3.50. The lowest BCUT2D eigenvalue weighted by Gasteiger charge is -2.26. The molecule has 0 aliphatic carbocycles. The highest BCUT2D eigenvalue weighted by atomic mass is 19.1. The first-order valence-corrected chi connectivity index (χ1v) is 9.08.